The quantitative estimate of drug-likeness (QED) is 0.788. The normalized spacial score (nSPS) is 25.5. The van der Waals surface area contributed by atoms with Crippen molar-refractivity contribution in [2.45, 2.75) is 25.3 Å². The number of rotatable bonds is 2. The molecule has 1 fully saturated rings. The first-order valence-corrected chi connectivity index (χ1v) is 6.21. The fraction of sp³-hybridized carbons (Fsp3) is 0.500. The van der Waals surface area contributed by atoms with Crippen LogP contribution < -0.4 is 5.32 Å². The SMILES string of the molecule is O=CNC1c2ccccc2CC12CCOCC2. The van der Waals surface area contributed by atoms with Crippen molar-refractivity contribution in [3.8, 4) is 0 Å². The second-order valence-corrected chi connectivity index (χ2v) is 5.07. The monoisotopic (exact) mass is 231 g/mol. The van der Waals surface area contributed by atoms with E-state index in [9.17, 15) is 4.79 Å². The van der Waals surface area contributed by atoms with E-state index in [4.69, 9.17) is 4.74 Å². The first-order valence-electron chi connectivity index (χ1n) is 6.21. The molecule has 1 aliphatic heterocycles. The van der Waals surface area contributed by atoms with Crippen LogP contribution in [-0.2, 0) is 16.0 Å². The summed E-state index contributed by atoms with van der Waals surface area (Å²) in [7, 11) is 0. The molecule has 3 rings (SSSR count). The highest BCUT2D eigenvalue weighted by molar-refractivity contribution is 5.51. The van der Waals surface area contributed by atoms with E-state index in [1.165, 1.54) is 11.1 Å². The summed E-state index contributed by atoms with van der Waals surface area (Å²) in [5, 5.41) is 3.03. The number of hydrogen-bond acceptors (Lipinski definition) is 2. The Morgan fingerprint density at radius 3 is 2.82 bits per heavy atom. The summed E-state index contributed by atoms with van der Waals surface area (Å²) in [6.07, 6.45) is 3.97. The average molecular weight is 231 g/mol. The minimum Gasteiger partial charge on any atom is -0.381 e. The molecule has 90 valence electrons. The molecule has 1 aliphatic carbocycles. The number of hydrogen-bond donors (Lipinski definition) is 1. The summed E-state index contributed by atoms with van der Waals surface area (Å²) < 4.78 is 5.47. The van der Waals surface area contributed by atoms with Gasteiger partial charge in [0.05, 0.1) is 6.04 Å². The first kappa shape index (κ1) is 10.8. The Morgan fingerprint density at radius 1 is 1.29 bits per heavy atom. The minimum absolute atomic E-state index is 0.167. The van der Waals surface area contributed by atoms with Crippen molar-refractivity contribution in [1.29, 1.82) is 0 Å². The van der Waals surface area contributed by atoms with Crippen LogP contribution in [0.5, 0.6) is 0 Å². The lowest BCUT2D eigenvalue weighted by Gasteiger charge is -2.38. The summed E-state index contributed by atoms with van der Waals surface area (Å²) in [6.45, 7) is 1.62. The molecule has 0 saturated carbocycles. The Balaban J connectivity index is 1.99. The van der Waals surface area contributed by atoms with E-state index in [0.29, 0.717) is 0 Å². The van der Waals surface area contributed by atoms with Gasteiger partial charge in [0, 0.05) is 18.6 Å². The molecule has 0 radical (unpaired) electrons. The standard InChI is InChI=1S/C14H17NO2/c16-10-15-13-12-4-2-1-3-11(12)9-14(13)5-7-17-8-6-14/h1-4,10,13H,5-9H2,(H,15,16). The van der Waals surface area contributed by atoms with Crippen molar-refractivity contribution in [2.24, 2.45) is 5.41 Å². The average Bonchev–Trinajstić information content (AvgIpc) is 2.65. The molecule has 1 spiro atoms. The molecule has 0 aromatic heterocycles. The van der Waals surface area contributed by atoms with E-state index in [-0.39, 0.29) is 11.5 Å². The number of fused-ring (bicyclic) bond motifs is 1. The molecule has 2 aliphatic rings. The van der Waals surface area contributed by atoms with Gasteiger partial charge in [-0.05, 0) is 30.4 Å². The maximum Gasteiger partial charge on any atom is 0.207 e. The van der Waals surface area contributed by atoms with Crippen LogP contribution in [0.1, 0.15) is 30.0 Å². The summed E-state index contributed by atoms with van der Waals surface area (Å²) in [4.78, 5) is 10.9. The summed E-state index contributed by atoms with van der Waals surface area (Å²) in [5.41, 5.74) is 2.86. The number of benzene rings is 1. The highest BCUT2D eigenvalue weighted by atomic mass is 16.5. The molecule has 1 aromatic carbocycles. The molecule has 1 atom stereocenters. The van der Waals surface area contributed by atoms with Crippen molar-refractivity contribution in [1.82, 2.24) is 5.32 Å². The second-order valence-electron chi connectivity index (χ2n) is 5.07. The van der Waals surface area contributed by atoms with Crippen LogP contribution in [0.15, 0.2) is 24.3 Å². The first-order chi connectivity index (χ1) is 8.36. The largest absolute Gasteiger partial charge is 0.381 e. The van der Waals surface area contributed by atoms with E-state index in [1.807, 2.05) is 0 Å². The van der Waals surface area contributed by atoms with Crippen molar-refractivity contribution < 1.29 is 9.53 Å². The number of amides is 1. The van der Waals surface area contributed by atoms with Gasteiger partial charge in [0.25, 0.3) is 0 Å². The number of nitrogens with one attached hydrogen (secondary N) is 1. The van der Waals surface area contributed by atoms with Crippen molar-refractivity contribution in [3.63, 3.8) is 0 Å². The van der Waals surface area contributed by atoms with Crippen molar-refractivity contribution >= 4 is 6.41 Å². The van der Waals surface area contributed by atoms with E-state index in [0.717, 1.165) is 38.9 Å². The maximum atomic E-state index is 10.9. The molecule has 1 saturated heterocycles. The van der Waals surface area contributed by atoms with E-state index in [1.54, 1.807) is 0 Å². The molecule has 1 aromatic rings. The third-order valence-electron chi connectivity index (χ3n) is 4.24. The van der Waals surface area contributed by atoms with Crippen LogP contribution in [0.3, 0.4) is 0 Å². The smallest absolute Gasteiger partial charge is 0.207 e. The van der Waals surface area contributed by atoms with Gasteiger partial charge in [0.15, 0.2) is 0 Å². The van der Waals surface area contributed by atoms with Crippen LogP contribution in [0.25, 0.3) is 0 Å². The zero-order chi connectivity index (χ0) is 11.7. The zero-order valence-corrected chi connectivity index (χ0v) is 9.82. The predicted molar refractivity (Wildman–Crippen MR) is 64.6 cm³/mol. The predicted octanol–water partition coefficient (Wildman–Crippen LogP) is 1.83. The number of ether oxygens (including phenoxy) is 1. The van der Waals surface area contributed by atoms with Gasteiger partial charge in [0.1, 0.15) is 0 Å². The van der Waals surface area contributed by atoms with E-state index >= 15 is 0 Å². The van der Waals surface area contributed by atoms with Gasteiger partial charge in [-0.3, -0.25) is 4.79 Å². The van der Waals surface area contributed by atoms with Gasteiger partial charge in [-0.1, -0.05) is 24.3 Å². The van der Waals surface area contributed by atoms with E-state index in [2.05, 4.69) is 29.6 Å². The fourth-order valence-corrected chi connectivity index (χ4v) is 3.37. The van der Waals surface area contributed by atoms with Gasteiger partial charge >= 0.3 is 0 Å². The highest BCUT2D eigenvalue weighted by Gasteiger charge is 2.46. The van der Waals surface area contributed by atoms with Gasteiger partial charge in [-0.15, -0.1) is 0 Å². The summed E-state index contributed by atoms with van der Waals surface area (Å²) in [5.74, 6) is 0. The van der Waals surface area contributed by atoms with E-state index < -0.39 is 0 Å². The maximum absolute atomic E-state index is 10.9. The molecular formula is C14H17NO2. The molecule has 3 nitrogen and oxygen atoms in total. The Labute approximate surface area is 101 Å². The van der Waals surface area contributed by atoms with Crippen LogP contribution >= 0.6 is 0 Å². The second kappa shape index (κ2) is 4.15. The van der Waals surface area contributed by atoms with Crippen LogP contribution in [-0.4, -0.2) is 19.6 Å². The molecule has 0 bridgehead atoms. The van der Waals surface area contributed by atoms with Crippen LogP contribution in [0.4, 0.5) is 0 Å². The highest BCUT2D eigenvalue weighted by Crippen LogP contribution is 2.51. The third-order valence-corrected chi connectivity index (χ3v) is 4.24. The van der Waals surface area contributed by atoms with Gasteiger partial charge in [-0.25, -0.2) is 0 Å². The van der Waals surface area contributed by atoms with Gasteiger partial charge in [-0.2, -0.15) is 0 Å². The number of carbonyl (C=O) groups is 1. The summed E-state index contributed by atoms with van der Waals surface area (Å²) >= 11 is 0. The third kappa shape index (κ3) is 1.65. The topological polar surface area (TPSA) is 38.3 Å². The Kier molecular flexibility index (Phi) is 2.63. The van der Waals surface area contributed by atoms with Gasteiger partial charge < -0.3 is 10.1 Å². The molecule has 1 N–H and O–H groups in total. The molecule has 1 heterocycles. The summed E-state index contributed by atoms with van der Waals surface area (Å²) in [6, 6.07) is 8.62. The zero-order valence-electron chi connectivity index (χ0n) is 9.82. The lowest BCUT2D eigenvalue weighted by molar-refractivity contribution is -0.111. The lowest BCUT2D eigenvalue weighted by Crippen LogP contribution is -2.39. The van der Waals surface area contributed by atoms with Crippen molar-refractivity contribution in [2.75, 3.05) is 13.2 Å². The lowest BCUT2D eigenvalue weighted by atomic mass is 9.74. The fourth-order valence-electron chi connectivity index (χ4n) is 3.37. The minimum atomic E-state index is 0.167. The Bertz CT molecular complexity index is 424. The molecular weight excluding hydrogens is 214 g/mol. The van der Waals surface area contributed by atoms with Gasteiger partial charge in [0.2, 0.25) is 6.41 Å². The number of carbonyl (C=O) groups excluding carboxylic acids is 1. The Morgan fingerprint density at radius 2 is 2.06 bits per heavy atom. The van der Waals surface area contributed by atoms with Crippen molar-refractivity contribution in [3.05, 3.63) is 35.4 Å². The van der Waals surface area contributed by atoms with Crippen LogP contribution in [0, 0.1) is 5.41 Å². The molecule has 17 heavy (non-hydrogen) atoms. The molecule has 1 amide bonds. The molecule has 3 heteroatoms. The van der Waals surface area contributed by atoms with Crippen LogP contribution in [0.2, 0.25) is 0 Å². The Hall–Kier alpha value is -1.35. The molecule has 1 unspecified atom stereocenters.